The summed E-state index contributed by atoms with van der Waals surface area (Å²) in [7, 11) is 0. The minimum atomic E-state index is -1.03. The number of carbonyl (C=O) groups is 2. The van der Waals surface area contributed by atoms with E-state index in [-0.39, 0.29) is 30.4 Å². The summed E-state index contributed by atoms with van der Waals surface area (Å²) < 4.78 is 0. The van der Waals surface area contributed by atoms with Gasteiger partial charge in [0.2, 0.25) is 5.91 Å². The van der Waals surface area contributed by atoms with Crippen molar-refractivity contribution >= 4 is 11.9 Å². The molecule has 0 spiro atoms. The molecule has 0 aliphatic carbocycles. The number of benzene rings is 1. The third-order valence-electron chi connectivity index (χ3n) is 3.42. The monoisotopic (exact) mass is 293 g/mol. The maximum atomic E-state index is 11.9. The molecule has 0 fully saturated rings. The van der Waals surface area contributed by atoms with Gasteiger partial charge in [0.25, 0.3) is 0 Å². The third kappa shape index (κ3) is 5.95. The number of rotatable bonds is 9. The molecule has 1 aromatic carbocycles. The first-order chi connectivity index (χ1) is 10.1. The lowest BCUT2D eigenvalue weighted by molar-refractivity contribution is -0.120. The van der Waals surface area contributed by atoms with E-state index in [1.165, 1.54) is 6.07 Å². The number of hydrogen-bond donors (Lipinski definition) is 3. The number of carbonyl (C=O) groups excluding carboxylic acids is 1. The second-order valence-electron chi connectivity index (χ2n) is 5.11. The summed E-state index contributed by atoms with van der Waals surface area (Å²) in [5.41, 5.74) is 0.671. The smallest absolute Gasteiger partial charge is 0.335 e. The van der Waals surface area contributed by atoms with Crippen LogP contribution in [0.4, 0.5) is 0 Å². The molecule has 1 unspecified atom stereocenters. The lowest BCUT2D eigenvalue weighted by atomic mass is 10.00. The Hall–Kier alpha value is -1.88. The van der Waals surface area contributed by atoms with Crippen LogP contribution in [0, 0.1) is 5.92 Å². The van der Waals surface area contributed by atoms with Gasteiger partial charge in [0, 0.05) is 13.2 Å². The number of aromatic carboxylic acids is 1. The standard InChI is InChI=1S/C16H23NO4/c1-2-5-12(8-9-18)11-17-15(19)10-13-6-3-4-7-14(13)16(20)21/h3-4,6-7,12,18H,2,5,8-11H2,1H3,(H,17,19)(H,20,21). The fourth-order valence-corrected chi connectivity index (χ4v) is 2.32. The maximum absolute atomic E-state index is 11.9. The molecule has 116 valence electrons. The zero-order valence-corrected chi connectivity index (χ0v) is 12.3. The van der Waals surface area contributed by atoms with E-state index in [9.17, 15) is 9.59 Å². The molecule has 0 radical (unpaired) electrons. The van der Waals surface area contributed by atoms with Crippen molar-refractivity contribution in [2.75, 3.05) is 13.2 Å². The molecule has 0 aromatic heterocycles. The van der Waals surface area contributed by atoms with Crippen molar-refractivity contribution in [3.63, 3.8) is 0 Å². The van der Waals surface area contributed by atoms with Crippen LogP contribution >= 0.6 is 0 Å². The van der Waals surface area contributed by atoms with Gasteiger partial charge < -0.3 is 15.5 Å². The quantitative estimate of drug-likeness (QED) is 0.648. The second kappa shape index (κ2) is 9.13. The molecule has 1 aromatic rings. The Morgan fingerprint density at radius 1 is 1.24 bits per heavy atom. The number of amides is 1. The first kappa shape index (κ1) is 17.2. The fourth-order valence-electron chi connectivity index (χ4n) is 2.32. The molecule has 5 heteroatoms. The largest absolute Gasteiger partial charge is 0.478 e. The van der Waals surface area contributed by atoms with Gasteiger partial charge in [-0.15, -0.1) is 0 Å². The Bertz CT molecular complexity index is 467. The summed E-state index contributed by atoms with van der Waals surface area (Å²) in [6.45, 7) is 2.69. The Morgan fingerprint density at radius 3 is 2.57 bits per heavy atom. The average molecular weight is 293 g/mol. The maximum Gasteiger partial charge on any atom is 0.335 e. The Morgan fingerprint density at radius 2 is 1.95 bits per heavy atom. The summed E-state index contributed by atoms with van der Waals surface area (Å²) in [6, 6.07) is 6.51. The van der Waals surface area contributed by atoms with Crippen molar-refractivity contribution in [2.45, 2.75) is 32.6 Å². The van der Waals surface area contributed by atoms with E-state index in [1.807, 2.05) is 0 Å². The van der Waals surface area contributed by atoms with E-state index in [0.29, 0.717) is 18.5 Å². The number of aliphatic hydroxyl groups is 1. The van der Waals surface area contributed by atoms with Crippen LogP contribution in [0.2, 0.25) is 0 Å². The van der Waals surface area contributed by atoms with Gasteiger partial charge in [0.05, 0.1) is 12.0 Å². The van der Waals surface area contributed by atoms with Crippen LogP contribution < -0.4 is 5.32 Å². The summed E-state index contributed by atoms with van der Waals surface area (Å²) >= 11 is 0. The fraction of sp³-hybridized carbons (Fsp3) is 0.500. The molecule has 0 aliphatic rings. The highest BCUT2D eigenvalue weighted by atomic mass is 16.4. The van der Waals surface area contributed by atoms with E-state index in [2.05, 4.69) is 12.2 Å². The molecule has 1 rings (SSSR count). The molecular weight excluding hydrogens is 270 g/mol. The third-order valence-corrected chi connectivity index (χ3v) is 3.42. The van der Waals surface area contributed by atoms with Gasteiger partial charge in [-0.25, -0.2) is 4.79 Å². The average Bonchev–Trinajstić information content (AvgIpc) is 2.45. The van der Waals surface area contributed by atoms with Gasteiger partial charge >= 0.3 is 5.97 Å². The highest BCUT2D eigenvalue weighted by molar-refractivity contribution is 5.91. The lowest BCUT2D eigenvalue weighted by Gasteiger charge is -2.16. The molecule has 0 saturated heterocycles. The Balaban J connectivity index is 2.55. The Kier molecular flexibility index (Phi) is 7.46. The van der Waals surface area contributed by atoms with Crippen LogP contribution in [0.25, 0.3) is 0 Å². The van der Waals surface area contributed by atoms with E-state index < -0.39 is 5.97 Å². The van der Waals surface area contributed by atoms with Crippen LogP contribution in [0.1, 0.15) is 42.1 Å². The molecule has 21 heavy (non-hydrogen) atoms. The Labute approximate surface area is 125 Å². The number of nitrogens with one attached hydrogen (secondary N) is 1. The lowest BCUT2D eigenvalue weighted by Crippen LogP contribution is -2.31. The number of aliphatic hydroxyl groups excluding tert-OH is 1. The molecular formula is C16H23NO4. The predicted molar refractivity (Wildman–Crippen MR) is 80.2 cm³/mol. The zero-order valence-electron chi connectivity index (χ0n) is 12.3. The highest BCUT2D eigenvalue weighted by Gasteiger charge is 2.14. The van der Waals surface area contributed by atoms with Gasteiger partial charge in [-0.3, -0.25) is 4.79 Å². The highest BCUT2D eigenvalue weighted by Crippen LogP contribution is 2.11. The number of carboxylic acid groups (broad SMARTS) is 1. The van der Waals surface area contributed by atoms with Crippen LogP contribution in [0.15, 0.2) is 24.3 Å². The van der Waals surface area contributed by atoms with Crippen molar-refractivity contribution in [3.8, 4) is 0 Å². The molecule has 1 amide bonds. The van der Waals surface area contributed by atoms with Gasteiger partial charge in [0.1, 0.15) is 0 Å². The molecule has 0 bridgehead atoms. The van der Waals surface area contributed by atoms with Crippen LogP contribution in [0.3, 0.4) is 0 Å². The minimum absolute atomic E-state index is 0.0560. The SMILES string of the molecule is CCCC(CCO)CNC(=O)Cc1ccccc1C(=O)O. The van der Waals surface area contributed by atoms with Gasteiger partial charge in [-0.05, 0) is 30.4 Å². The predicted octanol–water partition coefficient (Wildman–Crippen LogP) is 1.84. The zero-order chi connectivity index (χ0) is 15.7. The summed E-state index contributed by atoms with van der Waals surface area (Å²) in [6.07, 6.45) is 2.68. The van der Waals surface area contributed by atoms with Crippen molar-refractivity contribution in [2.24, 2.45) is 5.92 Å². The van der Waals surface area contributed by atoms with Crippen LogP contribution in [-0.2, 0) is 11.2 Å². The summed E-state index contributed by atoms with van der Waals surface area (Å²) in [5, 5.41) is 20.9. The molecule has 3 N–H and O–H groups in total. The molecule has 1 atom stereocenters. The van der Waals surface area contributed by atoms with E-state index in [0.717, 1.165) is 12.8 Å². The van der Waals surface area contributed by atoms with Crippen molar-refractivity contribution in [1.82, 2.24) is 5.32 Å². The first-order valence-corrected chi connectivity index (χ1v) is 7.27. The van der Waals surface area contributed by atoms with Gasteiger partial charge in [-0.1, -0.05) is 31.5 Å². The van der Waals surface area contributed by atoms with Crippen molar-refractivity contribution < 1.29 is 19.8 Å². The van der Waals surface area contributed by atoms with Gasteiger partial charge in [-0.2, -0.15) is 0 Å². The van der Waals surface area contributed by atoms with E-state index in [1.54, 1.807) is 18.2 Å². The number of carboxylic acids is 1. The number of hydrogen-bond acceptors (Lipinski definition) is 3. The molecule has 0 heterocycles. The first-order valence-electron chi connectivity index (χ1n) is 7.27. The van der Waals surface area contributed by atoms with Crippen LogP contribution in [-0.4, -0.2) is 35.2 Å². The minimum Gasteiger partial charge on any atom is -0.478 e. The van der Waals surface area contributed by atoms with Crippen molar-refractivity contribution in [1.29, 1.82) is 0 Å². The van der Waals surface area contributed by atoms with E-state index >= 15 is 0 Å². The molecule has 5 nitrogen and oxygen atoms in total. The molecule has 0 aliphatic heterocycles. The van der Waals surface area contributed by atoms with Gasteiger partial charge in [0.15, 0.2) is 0 Å². The second-order valence-corrected chi connectivity index (χ2v) is 5.11. The summed E-state index contributed by atoms with van der Waals surface area (Å²) in [5.74, 6) is -0.955. The normalized spacial score (nSPS) is 11.9. The topological polar surface area (TPSA) is 86.6 Å². The summed E-state index contributed by atoms with van der Waals surface area (Å²) in [4.78, 5) is 23.0. The van der Waals surface area contributed by atoms with Crippen molar-refractivity contribution in [3.05, 3.63) is 35.4 Å². The van der Waals surface area contributed by atoms with Crippen LogP contribution in [0.5, 0.6) is 0 Å². The molecule has 0 saturated carbocycles. The van der Waals surface area contributed by atoms with E-state index in [4.69, 9.17) is 10.2 Å².